The van der Waals surface area contributed by atoms with E-state index in [9.17, 15) is 24.3 Å². The second-order valence-electron chi connectivity index (χ2n) is 16.6. The molecule has 0 unspecified atom stereocenters. The Morgan fingerprint density at radius 1 is 0.860 bits per heavy atom. The molecule has 8 rings (SSSR count). The lowest BCUT2D eigenvalue weighted by atomic mass is 9.82. The SMILES string of the molecule is C[C@@H]1[C@@H]([Si](C)(C)O)[C@H](CC(=O)N(CCO)Cc2ccccc2)O[C@@]12C(=O)N(Cc1ccc(N3CN(c4ccccc4)C4(CCNCC4)C3=O)cc1)c1ccccc12. The molecule has 4 atom stereocenters. The highest BCUT2D eigenvalue weighted by Crippen LogP contribution is 2.59. The minimum absolute atomic E-state index is 0.0216. The molecule has 4 aromatic carbocycles. The van der Waals surface area contributed by atoms with Crippen LogP contribution in [0.1, 0.15) is 42.9 Å². The van der Waals surface area contributed by atoms with Gasteiger partial charge in [0, 0.05) is 41.5 Å². The number of piperidine rings is 1. The van der Waals surface area contributed by atoms with Crippen molar-refractivity contribution in [2.75, 3.05) is 47.6 Å². The van der Waals surface area contributed by atoms with Crippen LogP contribution in [0.2, 0.25) is 18.6 Å². The van der Waals surface area contributed by atoms with Crippen LogP contribution >= 0.6 is 0 Å². The number of amides is 3. The van der Waals surface area contributed by atoms with Gasteiger partial charge >= 0.3 is 0 Å². The molecule has 0 aliphatic carbocycles. The van der Waals surface area contributed by atoms with Crippen molar-refractivity contribution in [1.29, 1.82) is 0 Å². The van der Waals surface area contributed by atoms with Gasteiger partial charge in [0.05, 0.1) is 38.0 Å². The fourth-order valence-electron chi connectivity index (χ4n) is 10.0. The average molecular weight is 788 g/mol. The Labute approximate surface area is 336 Å². The van der Waals surface area contributed by atoms with Crippen LogP contribution < -0.4 is 20.0 Å². The van der Waals surface area contributed by atoms with Crippen molar-refractivity contribution in [3.8, 4) is 0 Å². The predicted molar refractivity (Wildman–Crippen MR) is 223 cm³/mol. The van der Waals surface area contributed by atoms with Gasteiger partial charge in [-0.3, -0.25) is 19.3 Å². The second-order valence-corrected chi connectivity index (χ2v) is 20.6. The van der Waals surface area contributed by atoms with E-state index in [0.717, 1.165) is 59.7 Å². The molecule has 57 heavy (non-hydrogen) atoms. The number of para-hydroxylation sites is 2. The summed E-state index contributed by atoms with van der Waals surface area (Å²) in [5, 5.41) is 13.3. The first-order valence-electron chi connectivity index (χ1n) is 20.2. The summed E-state index contributed by atoms with van der Waals surface area (Å²) in [5.74, 6) is -0.720. The van der Waals surface area contributed by atoms with Gasteiger partial charge < -0.3 is 34.7 Å². The number of rotatable bonds is 11. The van der Waals surface area contributed by atoms with E-state index in [1.165, 1.54) is 0 Å². The van der Waals surface area contributed by atoms with Crippen molar-refractivity contribution >= 4 is 43.1 Å². The number of carbonyl (C=O) groups excluding carboxylic acids is 3. The summed E-state index contributed by atoms with van der Waals surface area (Å²) in [6.07, 6.45) is 0.735. The zero-order chi connectivity index (χ0) is 40.0. The summed E-state index contributed by atoms with van der Waals surface area (Å²) in [7, 11) is -3.01. The van der Waals surface area contributed by atoms with Crippen LogP contribution in [0.4, 0.5) is 17.1 Å². The quantitative estimate of drug-likeness (QED) is 0.173. The van der Waals surface area contributed by atoms with Crippen LogP contribution in [0.5, 0.6) is 0 Å². The number of benzene rings is 4. The average Bonchev–Trinajstić information content (AvgIpc) is 3.76. The summed E-state index contributed by atoms with van der Waals surface area (Å²) in [4.78, 5) is 62.5. The van der Waals surface area contributed by atoms with Gasteiger partial charge in [-0.25, -0.2) is 0 Å². The number of aliphatic hydroxyl groups is 1. The van der Waals surface area contributed by atoms with E-state index < -0.39 is 37.0 Å². The Bertz CT molecular complexity index is 2090. The standard InChI is InChI=1S/C45H53N5O6Si/c1-32-41(57(2,3)55)39(28-40(52)47(26-27-51)29-33-12-6-4-7-13-33)56-45(32)37-16-10-11-17-38(37)48(43(45)54)30-34-18-20-35(21-19-34)49-31-50(36-14-8-5-9-15-36)44(42(49)53)22-24-46-25-23-44/h4-21,32,39,41,46,51,55H,22-31H2,1-3H3/t32-,39+,41-,45+/m1/s1. The van der Waals surface area contributed by atoms with E-state index in [2.05, 4.69) is 22.3 Å². The minimum Gasteiger partial charge on any atom is -0.432 e. The van der Waals surface area contributed by atoms with E-state index in [1.807, 2.05) is 122 Å². The smallest absolute Gasteiger partial charge is 0.264 e. The molecule has 3 fully saturated rings. The zero-order valence-electron chi connectivity index (χ0n) is 33.0. The molecule has 11 nitrogen and oxygen atoms in total. The van der Waals surface area contributed by atoms with Crippen LogP contribution in [0.15, 0.2) is 109 Å². The maximum absolute atomic E-state index is 15.0. The van der Waals surface area contributed by atoms with Crippen LogP contribution in [0.3, 0.4) is 0 Å². The first-order valence-corrected chi connectivity index (χ1v) is 23.2. The molecule has 0 bridgehead atoms. The first-order chi connectivity index (χ1) is 27.5. The third-order valence-electron chi connectivity index (χ3n) is 12.7. The van der Waals surface area contributed by atoms with E-state index in [-0.39, 0.29) is 43.8 Å². The van der Waals surface area contributed by atoms with Gasteiger partial charge in [-0.1, -0.05) is 85.8 Å². The molecular weight excluding hydrogens is 735 g/mol. The van der Waals surface area contributed by atoms with E-state index >= 15 is 0 Å². The molecule has 2 spiro atoms. The lowest BCUT2D eigenvalue weighted by molar-refractivity contribution is -0.150. The number of fused-ring (bicyclic) bond motifs is 2. The van der Waals surface area contributed by atoms with Gasteiger partial charge in [0.25, 0.3) is 11.8 Å². The molecule has 4 aromatic rings. The Kier molecular flexibility index (Phi) is 10.6. The van der Waals surface area contributed by atoms with Crippen molar-refractivity contribution in [2.45, 2.75) is 75.2 Å². The highest BCUT2D eigenvalue weighted by atomic mass is 28.4. The van der Waals surface area contributed by atoms with Crippen molar-refractivity contribution in [2.24, 2.45) is 5.92 Å². The molecule has 3 amide bonds. The summed E-state index contributed by atoms with van der Waals surface area (Å²) >= 11 is 0. The van der Waals surface area contributed by atoms with Crippen LogP contribution in [-0.2, 0) is 37.8 Å². The Balaban J connectivity index is 1.05. The Hall–Kier alpha value is -4.85. The van der Waals surface area contributed by atoms with Crippen LogP contribution in [0, 0.1) is 5.92 Å². The summed E-state index contributed by atoms with van der Waals surface area (Å²) in [6.45, 7) is 8.29. The highest BCUT2D eigenvalue weighted by molar-refractivity contribution is 6.71. The molecular formula is C45H53N5O6Si. The molecule has 4 heterocycles. The van der Waals surface area contributed by atoms with Crippen LogP contribution in [-0.4, -0.2) is 85.4 Å². The molecule has 0 aromatic heterocycles. The van der Waals surface area contributed by atoms with Crippen molar-refractivity contribution in [1.82, 2.24) is 10.2 Å². The van der Waals surface area contributed by atoms with Crippen molar-refractivity contribution in [3.63, 3.8) is 0 Å². The summed E-state index contributed by atoms with van der Waals surface area (Å²) in [5.41, 5.74) is 2.77. The number of aliphatic hydroxyl groups excluding tert-OH is 1. The van der Waals surface area contributed by atoms with E-state index in [1.54, 1.807) is 9.80 Å². The van der Waals surface area contributed by atoms with Gasteiger partial charge in [0.15, 0.2) is 13.9 Å². The molecule has 4 aliphatic rings. The Morgan fingerprint density at radius 3 is 2.18 bits per heavy atom. The maximum atomic E-state index is 15.0. The largest absolute Gasteiger partial charge is 0.432 e. The van der Waals surface area contributed by atoms with E-state index in [0.29, 0.717) is 13.2 Å². The predicted octanol–water partition coefficient (Wildman–Crippen LogP) is 5.38. The van der Waals surface area contributed by atoms with Gasteiger partial charge in [0.1, 0.15) is 5.54 Å². The van der Waals surface area contributed by atoms with Crippen LogP contribution in [0.25, 0.3) is 0 Å². The lowest BCUT2D eigenvalue weighted by Crippen LogP contribution is -2.55. The van der Waals surface area contributed by atoms with Gasteiger partial charge in [0.2, 0.25) is 5.91 Å². The molecule has 0 radical (unpaired) electrons. The van der Waals surface area contributed by atoms with Gasteiger partial charge in [-0.15, -0.1) is 0 Å². The second kappa shape index (κ2) is 15.5. The summed E-state index contributed by atoms with van der Waals surface area (Å²) in [6, 6.07) is 35.4. The highest BCUT2D eigenvalue weighted by Gasteiger charge is 2.66. The summed E-state index contributed by atoms with van der Waals surface area (Å²) < 4.78 is 6.94. The number of hydrogen-bond donors (Lipinski definition) is 3. The minimum atomic E-state index is -3.01. The molecule has 4 aliphatic heterocycles. The number of ether oxygens (including phenoxy) is 1. The number of nitrogens with zero attached hydrogens (tertiary/aromatic N) is 4. The number of carbonyl (C=O) groups is 3. The van der Waals surface area contributed by atoms with Gasteiger partial charge in [-0.2, -0.15) is 0 Å². The van der Waals surface area contributed by atoms with Crippen molar-refractivity contribution < 1.29 is 29.0 Å². The molecule has 298 valence electrons. The first kappa shape index (κ1) is 39.0. The Morgan fingerprint density at radius 2 is 1.51 bits per heavy atom. The van der Waals surface area contributed by atoms with Crippen molar-refractivity contribution in [3.05, 3.63) is 126 Å². The number of nitrogens with one attached hydrogen (secondary N) is 1. The monoisotopic (exact) mass is 787 g/mol. The zero-order valence-corrected chi connectivity index (χ0v) is 34.0. The topological polar surface area (TPSA) is 126 Å². The van der Waals surface area contributed by atoms with Gasteiger partial charge in [-0.05, 0) is 80.5 Å². The number of hydrogen-bond acceptors (Lipinski definition) is 8. The normalized spacial score (nSPS) is 24.2. The third-order valence-corrected chi connectivity index (χ3v) is 15.2. The number of anilines is 3. The maximum Gasteiger partial charge on any atom is 0.264 e. The third kappa shape index (κ3) is 6.87. The van der Waals surface area contributed by atoms with E-state index in [4.69, 9.17) is 4.74 Å². The lowest BCUT2D eigenvalue weighted by Gasteiger charge is -2.39. The fourth-order valence-corrected chi connectivity index (χ4v) is 12.6. The molecule has 3 N–H and O–H groups in total. The molecule has 0 saturated carbocycles. The fraction of sp³-hybridized carbons (Fsp3) is 0.400. The molecule has 12 heteroatoms. The molecule has 3 saturated heterocycles.